The van der Waals surface area contributed by atoms with Crippen molar-refractivity contribution in [2.24, 2.45) is 0 Å². The van der Waals surface area contributed by atoms with Crippen molar-refractivity contribution in [3.8, 4) is 0 Å². The Hall–Kier alpha value is -1.77. The number of hydrogen-bond acceptors (Lipinski definition) is 2. The van der Waals surface area contributed by atoms with Gasteiger partial charge in [-0.05, 0) is 24.6 Å². The van der Waals surface area contributed by atoms with E-state index in [1.807, 2.05) is 30.5 Å². The lowest BCUT2D eigenvalue weighted by Crippen LogP contribution is -2.03. The maximum absolute atomic E-state index is 4.17. The van der Waals surface area contributed by atoms with Crippen LogP contribution in [-0.4, -0.2) is 16.5 Å². The molecule has 0 aliphatic carbocycles. The zero-order chi connectivity index (χ0) is 10.3. The lowest BCUT2D eigenvalue weighted by atomic mass is 10.2. The Morgan fingerprint density at radius 3 is 2.93 bits per heavy atom. The van der Waals surface area contributed by atoms with Crippen molar-refractivity contribution < 1.29 is 0 Å². The fourth-order valence-corrected chi connectivity index (χ4v) is 1.43. The molecule has 0 aliphatic rings. The number of benzene rings is 1. The lowest BCUT2D eigenvalue weighted by Gasteiger charge is -2.04. The fourth-order valence-electron chi connectivity index (χ4n) is 1.43. The van der Waals surface area contributed by atoms with E-state index in [1.165, 1.54) is 0 Å². The number of rotatable bonds is 5. The second-order valence-electron chi connectivity index (χ2n) is 3.35. The molecule has 3 nitrogen and oxygen atoms in total. The van der Waals surface area contributed by atoms with Crippen molar-refractivity contribution in [2.45, 2.75) is 12.8 Å². The highest BCUT2D eigenvalue weighted by molar-refractivity contribution is 5.41. The lowest BCUT2D eigenvalue weighted by molar-refractivity contribution is 0.816. The smallest absolute Gasteiger partial charge is 0.106 e. The Labute approximate surface area is 89.6 Å². The molecule has 0 saturated heterocycles. The molecule has 0 bridgehead atoms. The van der Waals surface area contributed by atoms with Crippen molar-refractivity contribution in [3.63, 3.8) is 0 Å². The minimum absolute atomic E-state index is 0.963. The zero-order valence-corrected chi connectivity index (χ0v) is 8.53. The van der Waals surface area contributed by atoms with Crippen molar-refractivity contribution in [2.75, 3.05) is 11.9 Å². The molecule has 1 radical (unpaired) electrons. The number of nitrogens with one attached hydrogen (secondary N) is 2. The van der Waals surface area contributed by atoms with Gasteiger partial charge in [0.25, 0.3) is 0 Å². The van der Waals surface area contributed by atoms with Gasteiger partial charge in [0.2, 0.25) is 0 Å². The highest BCUT2D eigenvalue weighted by Crippen LogP contribution is 2.04. The van der Waals surface area contributed by atoms with E-state index in [2.05, 4.69) is 21.4 Å². The molecule has 0 spiro atoms. The molecule has 15 heavy (non-hydrogen) atoms. The maximum atomic E-state index is 4.17. The molecule has 0 unspecified atom stereocenters. The van der Waals surface area contributed by atoms with E-state index in [9.17, 15) is 0 Å². The van der Waals surface area contributed by atoms with Crippen molar-refractivity contribution >= 4 is 5.69 Å². The van der Waals surface area contributed by atoms with Crippen LogP contribution in [0.2, 0.25) is 0 Å². The van der Waals surface area contributed by atoms with Crippen LogP contribution in [0.5, 0.6) is 0 Å². The maximum Gasteiger partial charge on any atom is 0.106 e. The van der Waals surface area contributed by atoms with E-state index in [0.717, 1.165) is 30.9 Å². The van der Waals surface area contributed by atoms with Gasteiger partial charge in [0.1, 0.15) is 5.82 Å². The predicted molar refractivity (Wildman–Crippen MR) is 60.7 cm³/mol. The van der Waals surface area contributed by atoms with Crippen LogP contribution in [0.15, 0.2) is 36.7 Å². The van der Waals surface area contributed by atoms with Crippen molar-refractivity contribution in [3.05, 3.63) is 48.5 Å². The fraction of sp³-hybridized carbons (Fsp3) is 0.250. The highest BCUT2D eigenvalue weighted by Gasteiger charge is 1.94. The second-order valence-corrected chi connectivity index (χ2v) is 3.35. The van der Waals surface area contributed by atoms with Crippen molar-refractivity contribution in [1.82, 2.24) is 9.97 Å². The van der Waals surface area contributed by atoms with E-state index in [1.54, 1.807) is 6.20 Å². The minimum atomic E-state index is 0.963. The molecule has 3 heteroatoms. The zero-order valence-electron chi connectivity index (χ0n) is 8.53. The Kier molecular flexibility index (Phi) is 3.38. The number of anilines is 1. The molecule has 77 valence electrons. The van der Waals surface area contributed by atoms with Crippen LogP contribution in [-0.2, 0) is 6.42 Å². The average molecular weight is 200 g/mol. The van der Waals surface area contributed by atoms with Gasteiger partial charge in [0, 0.05) is 31.0 Å². The standard InChI is InChI=1S/C12H14N3/c1-2-5-11(6-3-1)13-8-4-7-12-14-9-10-15-12/h2-3,5-6,9-10,13H,4,7-8H2,(H,14,15). The van der Waals surface area contributed by atoms with Gasteiger partial charge in [0.05, 0.1) is 0 Å². The van der Waals surface area contributed by atoms with E-state index >= 15 is 0 Å². The van der Waals surface area contributed by atoms with Crippen LogP contribution in [0.4, 0.5) is 5.69 Å². The molecular weight excluding hydrogens is 186 g/mol. The van der Waals surface area contributed by atoms with Gasteiger partial charge in [0.15, 0.2) is 0 Å². The normalized spacial score (nSPS) is 10.1. The number of hydrogen-bond donors (Lipinski definition) is 2. The minimum Gasteiger partial charge on any atom is -0.385 e. The number of aryl methyl sites for hydroxylation is 1. The van der Waals surface area contributed by atoms with Crippen LogP contribution in [0, 0.1) is 6.07 Å². The molecule has 0 aliphatic heterocycles. The summed E-state index contributed by atoms with van der Waals surface area (Å²) in [5.74, 6) is 1.05. The van der Waals surface area contributed by atoms with Gasteiger partial charge >= 0.3 is 0 Å². The van der Waals surface area contributed by atoms with Gasteiger partial charge in [-0.25, -0.2) is 4.98 Å². The molecule has 1 aromatic heterocycles. The van der Waals surface area contributed by atoms with E-state index in [0.29, 0.717) is 0 Å². The summed E-state index contributed by atoms with van der Waals surface area (Å²) < 4.78 is 0. The topological polar surface area (TPSA) is 40.7 Å². The second kappa shape index (κ2) is 5.20. The summed E-state index contributed by atoms with van der Waals surface area (Å²) in [4.78, 5) is 7.26. The van der Waals surface area contributed by atoms with Gasteiger partial charge < -0.3 is 10.3 Å². The first-order valence-electron chi connectivity index (χ1n) is 5.13. The Morgan fingerprint density at radius 1 is 1.33 bits per heavy atom. The molecule has 0 saturated carbocycles. The summed E-state index contributed by atoms with van der Waals surface area (Å²) in [5, 5.41) is 3.35. The first-order chi connectivity index (χ1) is 7.45. The molecule has 0 amide bonds. The molecule has 2 N–H and O–H groups in total. The average Bonchev–Trinajstić information content (AvgIpc) is 2.79. The highest BCUT2D eigenvalue weighted by atomic mass is 14.9. The molecule has 1 aromatic carbocycles. The summed E-state index contributed by atoms with van der Waals surface area (Å²) in [7, 11) is 0. The third-order valence-corrected chi connectivity index (χ3v) is 2.19. The summed E-state index contributed by atoms with van der Waals surface area (Å²) in [6, 6.07) is 10.9. The Balaban J connectivity index is 1.68. The number of aromatic amines is 1. The van der Waals surface area contributed by atoms with Crippen LogP contribution in [0.3, 0.4) is 0 Å². The molecule has 2 rings (SSSR count). The SMILES string of the molecule is [c]1ccc(NCCCc2ncc[nH]2)cc1. The van der Waals surface area contributed by atoms with E-state index < -0.39 is 0 Å². The van der Waals surface area contributed by atoms with Crippen LogP contribution in [0.25, 0.3) is 0 Å². The molecule has 2 aromatic rings. The van der Waals surface area contributed by atoms with Gasteiger partial charge in [-0.1, -0.05) is 12.1 Å². The molecule has 0 fully saturated rings. The van der Waals surface area contributed by atoms with Crippen molar-refractivity contribution in [1.29, 1.82) is 0 Å². The van der Waals surface area contributed by atoms with E-state index in [-0.39, 0.29) is 0 Å². The third kappa shape index (κ3) is 3.13. The summed E-state index contributed by atoms with van der Waals surface area (Å²) >= 11 is 0. The number of imidazole rings is 1. The largest absolute Gasteiger partial charge is 0.385 e. The van der Waals surface area contributed by atoms with Crippen LogP contribution >= 0.6 is 0 Å². The van der Waals surface area contributed by atoms with Crippen LogP contribution in [0.1, 0.15) is 12.2 Å². The molecular formula is C12H14N3. The monoisotopic (exact) mass is 200 g/mol. The summed E-state index contributed by atoms with van der Waals surface area (Å²) in [6.45, 7) is 0.963. The molecule has 1 heterocycles. The third-order valence-electron chi connectivity index (χ3n) is 2.19. The van der Waals surface area contributed by atoms with Gasteiger partial charge in [-0.15, -0.1) is 0 Å². The van der Waals surface area contributed by atoms with Gasteiger partial charge in [-0.3, -0.25) is 0 Å². The molecule has 0 atom stereocenters. The van der Waals surface area contributed by atoms with Gasteiger partial charge in [-0.2, -0.15) is 0 Å². The number of aromatic nitrogens is 2. The van der Waals surface area contributed by atoms with E-state index in [4.69, 9.17) is 0 Å². The Bertz CT molecular complexity index is 367. The Morgan fingerprint density at radius 2 is 2.20 bits per heavy atom. The predicted octanol–water partition coefficient (Wildman–Crippen LogP) is 2.25. The number of H-pyrrole nitrogens is 1. The number of nitrogens with zero attached hydrogens (tertiary/aromatic N) is 1. The quantitative estimate of drug-likeness (QED) is 0.727. The van der Waals surface area contributed by atoms with Crippen LogP contribution < -0.4 is 5.32 Å². The first kappa shape index (κ1) is 9.77. The summed E-state index contributed by atoms with van der Waals surface area (Å²) in [5.41, 5.74) is 1.15. The summed E-state index contributed by atoms with van der Waals surface area (Å²) in [6.07, 6.45) is 5.71. The first-order valence-corrected chi connectivity index (χ1v) is 5.13.